The Morgan fingerprint density at radius 1 is 1.33 bits per heavy atom. The number of hydrogen-bond acceptors (Lipinski definition) is 4. The predicted octanol–water partition coefficient (Wildman–Crippen LogP) is 1.08. The smallest absolute Gasteiger partial charge is 0.225 e. The summed E-state index contributed by atoms with van der Waals surface area (Å²) < 4.78 is 0. The van der Waals surface area contributed by atoms with Crippen molar-refractivity contribution in [2.75, 3.05) is 32.1 Å². The minimum atomic E-state index is 0.796. The van der Waals surface area contributed by atoms with E-state index in [9.17, 15) is 0 Å². The molecule has 1 heterocycles. The lowest BCUT2D eigenvalue weighted by Crippen LogP contribution is -2.28. The molecule has 4 nitrogen and oxygen atoms in total. The molecule has 0 aromatic carbocycles. The van der Waals surface area contributed by atoms with Crippen molar-refractivity contribution in [1.82, 2.24) is 15.3 Å². The molecular weight excluding hydrogens is 188 g/mol. The van der Waals surface area contributed by atoms with Crippen LogP contribution in [0.15, 0.2) is 12.4 Å². The molecule has 15 heavy (non-hydrogen) atoms. The van der Waals surface area contributed by atoms with Gasteiger partial charge in [0.25, 0.3) is 0 Å². The highest BCUT2D eigenvalue weighted by Crippen LogP contribution is 2.05. The van der Waals surface area contributed by atoms with Gasteiger partial charge in [0.1, 0.15) is 0 Å². The molecule has 1 aromatic rings. The van der Waals surface area contributed by atoms with E-state index in [0.29, 0.717) is 0 Å². The van der Waals surface area contributed by atoms with Crippen molar-refractivity contribution in [2.45, 2.75) is 19.8 Å². The molecule has 4 heteroatoms. The molecule has 0 saturated heterocycles. The zero-order valence-electron chi connectivity index (χ0n) is 9.82. The van der Waals surface area contributed by atoms with Crippen molar-refractivity contribution in [3.8, 4) is 0 Å². The molecule has 1 rings (SSSR count). The van der Waals surface area contributed by atoms with Crippen LogP contribution < -0.4 is 10.2 Å². The fourth-order valence-corrected chi connectivity index (χ4v) is 1.34. The maximum Gasteiger partial charge on any atom is 0.225 e. The van der Waals surface area contributed by atoms with Crippen LogP contribution in [0.5, 0.6) is 0 Å². The average molecular weight is 208 g/mol. The molecule has 0 amide bonds. The Balaban J connectivity index is 2.54. The predicted molar refractivity (Wildman–Crippen MR) is 63.2 cm³/mol. The van der Waals surface area contributed by atoms with E-state index < -0.39 is 0 Å². The summed E-state index contributed by atoms with van der Waals surface area (Å²) in [5.41, 5.74) is 1.21. The zero-order valence-corrected chi connectivity index (χ0v) is 9.82. The Morgan fingerprint density at radius 3 is 2.53 bits per heavy atom. The molecule has 0 fully saturated rings. The SMILES string of the molecule is CCCc1cnc(N(C)CCNC)nc1. The quantitative estimate of drug-likeness (QED) is 0.759. The number of rotatable bonds is 6. The maximum absolute atomic E-state index is 4.34. The Labute approximate surface area is 91.7 Å². The minimum Gasteiger partial charge on any atom is -0.343 e. The van der Waals surface area contributed by atoms with E-state index in [4.69, 9.17) is 0 Å². The summed E-state index contributed by atoms with van der Waals surface area (Å²) in [7, 11) is 3.95. The largest absolute Gasteiger partial charge is 0.343 e. The van der Waals surface area contributed by atoms with Crippen LogP contribution in [-0.4, -0.2) is 37.2 Å². The van der Waals surface area contributed by atoms with Gasteiger partial charge in [0, 0.05) is 32.5 Å². The van der Waals surface area contributed by atoms with Crippen LogP contribution in [0.2, 0.25) is 0 Å². The Kier molecular flexibility index (Phi) is 5.04. The molecule has 0 bridgehead atoms. The van der Waals surface area contributed by atoms with Crippen LogP contribution in [0.25, 0.3) is 0 Å². The third kappa shape index (κ3) is 3.83. The van der Waals surface area contributed by atoms with E-state index in [0.717, 1.165) is 31.9 Å². The number of likely N-dealkylation sites (N-methyl/N-ethyl adjacent to an activating group) is 2. The van der Waals surface area contributed by atoms with Crippen molar-refractivity contribution in [1.29, 1.82) is 0 Å². The third-order valence-corrected chi connectivity index (χ3v) is 2.27. The van der Waals surface area contributed by atoms with Gasteiger partial charge < -0.3 is 10.2 Å². The third-order valence-electron chi connectivity index (χ3n) is 2.27. The molecule has 1 aromatic heterocycles. The first-order chi connectivity index (χ1) is 7.27. The van der Waals surface area contributed by atoms with Crippen LogP contribution in [0, 0.1) is 0 Å². The second-order valence-corrected chi connectivity index (χ2v) is 3.67. The standard InChI is InChI=1S/C11H20N4/c1-4-5-10-8-13-11(14-9-10)15(3)7-6-12-2/h8-9,12H,4-7H2,1-3H3. The number of nitrogens with zero attached hydrogens (tertiary/aromatic N) is 3. The summed E-state index contributed by atoms with van der Waals surface area (Å²) in [4.78, 5) is 10.7. The lowest BCUT2D eigenvalue weighted by atomic mass is 10.2. The number of nitrogens with one attached hydrogen (secondary N) is 1. The summed E-state index contributed by atoms with van der Waals surface area (Å²) in [5, 5.41) is 3.10. The number of aryl methyl sites for hydroxylation is 1. The minimum absolute atomic E-state index is 0.796. The van der Waals surface area contributed by atoms with Crippen LogP contribution in [0.4, 0.5) is 5.95 Å². The molecule has 1 N–H and O–H groups in total. The first kappa shape index (κ1) is 11.9. The van der Waals surface area contributed by atoms with E-state index in [1.807, 2.05) is 31.4 Å². The highest BCUT2D eigenvalue weighted by Gasteiger charge is 2.02. The lowest BCUT2D eigenvalue weighted by Gasteiger charge is -2.16. The van der Waals surface area contributed by atoms with Gasteiger partial charge in [-0.3, -0.25) is 0 Å². The Morgan fingerprint density at radius 2 is 2.00 bits per heavy atom. The molecule has 0 aliphatic carbocycles. The highest BCUT2D eigenvalue weighted by molar-refractivity contribution is 5.28. The van der Waals surface area contributed by atoms with Crippen LogP contribution in [0.3, 0.4) is 0 Å². The summed E-state index contributed by atoms with van der Waals surface area (Å²) in [5.74, 6) is 0.796. The van der Waals surface area contributed by atoms with E-state index >= 15 is 0 Å². The fraction of sp³-hybridized carbons (Fsp3) is 0.636. The second kappa shape index (κ2) is 6.35. The van der Waals surface area contributed by atoms with Crippen molar-refractivity contribution >= 4 is 5.95 Å². The molecular formula is C11H20N4. The number of hydrogen-bond donors (Lipinski definition) is 1. The monoisotopic (exact) mass is 208 g/mol. The molecule has 0 radical (unpaired) electrons. The summed E-state index contributed by atoms with van der Waals surface area (Å²) >= 11 is 0. The van der Waals surface area contributed by atoms with Crippen molar-refractivity contribution < 1.29 is 0 Å². The van der Waals surface area contributed by atoms with Gasteiger partial charge >= 0.3 is 0 Å². The molecule has 0 spiro atoms. The first-order valence-corrected chi connectivity index (χ1v) is 5.44. The van der Waals surface area contributed by atoms with E-state index in [1.54, 1.807) is 0 Å². The summed E-state index contributed by atoms with van der Waals surface area (Å²) in [6.07, 6.45) is 6.03. The Hall–Kier alpha value is -1.16. The van der Waals surface area contributed by atoms with Gasteiger partial charge in [-0.25, -0.2) is 9.97 Å². The first-order valence-electron chi connectivity index (χ1n) is 5.44. The van der Waals surface area contributed by atoms with Gasteiger partial charge in [-0.2, -0.15) is 0 Å². The number of anilines is 1. The van der Waals surface area contributed by atoms with E-state index in [-0.39, 0.29) is 0 Å². The van der Waals surface area contributed by atoms with Gasteiger partial charge in [0.05, 0.1) is 0 Å². The summed E-state index contributed by atoms with van der Waals surface area (Å²) in [6.45, 7) is 4.02. The second-order valence-electron chi connectivity index (χ2n) is 3.67. The van der Waals surface area contributed by atoms with Crippen LogP contribution in [-0.2, 0) is 6.42 Å². The van der Waals surface area contributed by atoms with Crippen LogP contribution in [0.1, 0.15) is 18.9 Å². The fourth-order valence-electron chi connectivity index (χ4n) is 1.34. The van der Waals surface area contributed by atoms with Crippen LogP contribution >= 0.6 is 0 Å². The molecule has 0 atom stereocenters. The van der Waals surface area contributed by atoms with Gasteiger partial charge in [-0.15, -0.1) is 0 Å². The maximum atomic E-state index is 4.34. The highest BCUT2D eigenvalue weighted by atomic mass is 15.2. The molecule has 0 saturated carbocycles. The number of aromatic nitrogens is 2. The lowest BCUT2D eigenvalue weighted by molar-refractivity contribution is 0.751. The molecule has 0 unspecified atom stereocenters. The Bertz CT molecular complexity index is 270. The van der Waals surface area contributed by atoms with Gasteiger partial charge in [-0.05, 0) is 19.0 Å². The molecule has 0 aliphatic heterocycles. The zero-order chi connectivity index (χ0) is 11.1. The van der Waals surface area contributed by atoms with E-state index in [2.05, 4.69) is 22.2 Å². The molecule has 0 aliphatic rings. The van der Waals surface area contributed by atoms with E-state index in [1.165, 1.54) is 5.56 Å². The average Bonchev–Trinajstić information content (AvgIpc) is 2.27. The van der Waals surface area contributed by atoms with Gasteiger partial charge in [-0.1, -0.05) is 13.3 Å². The van der Waals surface area contributed by atoms with Gasteiger partial charge in [0.15, 0.2) is 0 Å². The van der Waals surface area contributed by atoms with Gasteiger partial charge in [0.2, 0.25) is 5.95 Å². The van der Waals surface area contributed by atoms with Crippen molar-refractivity contribution in [2.24, 2.45) is 0 Å². The van der Waals surface area contributed by atoms with Crippen molar-refractivity contribution in [3.05, 3.63) is 18.0 Å². The van der Waals surface area contributed by atoms with Crippen molar-refractivity contribution in [3.63, 3.8) is 0 Å². The normalized spacial score (nSPS) is 10.3. The summed E-state index contributed by atoms with van der Waals surface area (Å²) in [6, 6.07) is 0. The molecule has 84 valence electrons. The topological polar surface area (TPSA) is 41.1 Å².